The van der Waals surface area contributed by atoms with Crippen LogP contribution in [0.4, 0.5) is 10.7 Å². The number of hydrogen-bond donors (Lipinski definition) is 2. The lowest BCUT2D eigenvalue weighted by Gasteiger charge is -2.12. The third kappa shape index (κ3) is 4.15. The molecule has 1 aromatic carbocycles. The van der Waals surface area contributed by atoms with E-state index in [1.165, 1.54) is 24.7 Å². The summed E-state index contributed by atoms with van der Waals surface area (Å²) in [6.07, 6.45) is 1.43. The van der Waals surface area contributed by atoms with Crippen molar-refractivity contribution in [3.63, 3.8) is 0 Å². The Balaban J connectivity index is 1.79. The molecule has 0 aliphatic rings. The Labute approximate surface area is 165 Å². The summed E-state index contributed by atoms with van der Waals surface area (Å²) in [4.78, 5) is 25.3. The lowest BCUT2D eigenvalue weighted by molar-refractivity contribution is 0.0995. The number of methoxy groups -OCH3 is 1. The summed E-state index contributed by atoms with van der Waals surface area (Å²) >= 11 is 7.28. The van der Waals surface area contributed by atoms with Crippen LogP contribution < -0.4 is 15.4 Å². The van der Waals surface area contributed by atoms with E-state index < -0.39 is 0 Å². The average molecular weight is 405 g/mol. The fraction of sp³-hybridized carbons (Fsp3) is 0.158. The number of amides is 2. The van der Waals surface area contributed by atoms with E-state index in [4.69, 9.17) is 20.8 Å². The lowest BCUT2D eigenvalue weighted by atomic mass is 10.2. The van der Waals surface area contributed by atoms with Gasteiger partial charge in [0, 0.05) is 11.1 Å². The summed E-state index contributed by atoms with van der Waals surface area (Å²) in [5.74, 6) is 0.00663. The van der Waals surface area contributed by atoms with E-state index in [1.807, 2.05) is 6.92 Å². The molecule has 3 rings (SSSR count). The molecule has 0 spiro atoms. The van der Waals surface area contributed by atoms with E-state index in [0.29, 0.717) is 26.3 Å². The highest BCUT2D eigenvalue weighted by molar-refractivity contribution is 7.18. The fourth-order valence-corrected chi connectivity index (χ4v) is 3.58. The molecule has 2 N–H and O–H groups in total. The Hall–Kier alpha value is -2.77. The van der Waals surface area contributed by atoms with Gasteiger partial charge in [-0.05, 0) is 49.2 Å². The maximum absolute atomic E-state index is 12.7. The standard InChI is InChI=1S/C19H17ClN2O4S/c1-10-7-13(15(25-3)9-12(10)20)21-19(24)17-11(2)8-16(27-17)22-18(23)14-5-4-6-26-14/h4-9H,1-3H3,(H,21,24)(H,22,23). The number of furan rings is 1. The normalized spacial score (nSPS) is 10.5. The molecule has 0 radical (unpaired) electrons. The molecule has 0 atom stereocenters. The summed E-state index contributed by atoms with van der Waals surface area (Å²) < 4.78 is 10.4. The van der Waals surface area contributed by atoms with Gasteiger partial charge in [0.25, 0.3) is 11.8 Å². The van der Waals surface area contributed by atoms with Gasteiger partial charge in [-0.3, -0.25) is 9.59 Å². The van der Waals surface area contributed by atoms with Gasteiger partial charge in [0.15, 0.2) is 5.76 Å². The number of anilines is 2. The van der Waals surface area contributed by atoms with Gasteiger partial charge in [0.1, 0.15) is 5.75 Å². The number of carbonyl (C=O) groups excluding carboxylic acids is 2. The number of thiophene rings is 1. The van der Waals surface area contributed by atoms with E-state index in [9.17, 15) is 9.59 Å². The van der Waals surface area contributed by atoms with Crippen LogP contribution >= 0.6 is 22.9 Å². The topological polar surface area (TPSA) is 80.6 Å². The van der Waals surface area contributed by atoms with Crippen molar-refractivity contribution >= 4 is 45.4 Å². The fourth-order valence-electron chi connectivity index (χ4n) is 2.46. The second-order valence-corrected chi connectivity index (χ2v) is 7.27. The average Bonchev–Trinajstić information content (AvgIpc) is 3.27. The van der Waals surface area contributed by atoms with Crippen molar-refractivity contribution in [3.05, 3.63) is 63.4 Å². The van der Waals surface area contributed by atoms with E-state index in [-0.39, 0.29) is 17.6 Å². The van der Waals surface area contributed by atoms with E-state index in [1.54, 1.807) is 37.3 Å². The van der Waals surface area contributed by atoms with Gasteiger partial charge in [-0.25, -0.2) is 0 Å². The summed E-state index contributed by atoms with van der Waals surface area (Å²) in [6.45, 7) is 3.65. The second kappa shape index (κ2) is 7.85. The van der Waals surface area contributed by atoms with Crippen LogP contribution in [0, 0.1) is 13.8 Å². The maximum Gasteiger partial charge on any atom is 0.291 e. The number of carbonyl (C=O) groups is 2. The van der Waals surface area contributed by atoms with E-state index in [0.717, 1.165) is 11.1 Å². The molecule has 140 valence electrons. The maximum atomic E-state index is 12.7. The summed E-state index contributed by atoms with van der Waals surface area (Å²) in [5.41, 5.74) is 2.09. The van der Waals surface area contributed by atoms with E-state index >= 15 is 0 Å². The SMILES string of the molecule is COc1cc(Cl)c(C)cc1NC(=O)c1sc(NC(=O)c2ccco2)cc1C. The van der Waals surface area contributed by atoms with Gasteiger partial charge in [0.2, 0.25) is 0 Å². The van der Waals surface area contributed by atoms with Crippen LogP contribution in [0.15, 0.2) is 41.0 Å². The molecule has 3 aromatic rings. The van der Waals surface area contributed by atoms with Crippen molar-refractivity contribution in [2.75, 3.05) is 17.7 Å². The van der Waals surface area contributed by atoms with Crippen LogP contribution in [-0.2, 0) is 0 Å². The van der Waals surface area contributed by atoms with Gasteiger partial charge in [-0.2, -0.15) is 0 Å². The Morgan fingerprint density at radius 3 is 2.56 bits per heavy atom. The number of aryl methyl sites for hydroxylation is 2. The molecular weight excluding hydrogens is 388 g/mol. The minimum absolute atomic E-state index is 0.202. The predicted molar refractivity (Wildman–Crippen MR) is 106 cm³/mol. The van der Waals surface area contributed by atoms with Gasteiger partial charge in [-0.15, -0.1) is 11.3 Å². The summed E-state index contributed by atoms with van der Waals surface area (Å²) in [5, 5.41) is 6.67. The summed E-state index contributed by atoms with van der Waals surface area (Å²) in [6, 6.07) is 8.35. The third-order valence-electron chi connectivity index (χ3n) is 3.83. The van der Waals surface area contributed by atoms with Gasteiger partial charge in [-0.1, -0.05) is 11.6 Å². The molecule has 2 amide bonds. The monoisotopic (exact) mass is 404 g/mol. The Kier molecular flexibility index (Phi) is 5.53. The second-order valence-electron chi connectivity index (χ2n) is 5.81. The molecule has 0 fully saturated rings. The third-order valence-corrected chi connectivity index (χ3v) is 5.39. The molecule has 0 saturated heterocycles. The van der Waals surface area contributed by atoms with Gasteiger partial charge in [0.05, 0.1) is 28.9 Å². The van der Waals surface area contributed by atoms with Crippen molar-refractivity contribution < 1.29 is 18.7 Å². The first-order valence-electron chi connectivity index (χ1n) is 8.00. The van der Waals surface area contributed by atoms with Crippen molar-refractivity contribution in [2.45, 2.75) is 13.8 Å². The van der Waals surface area contributed by atoms with Crippen molar-refractivity contribution in [3.8, 4) is 5.75 Å². The highest BCUT2D eigenvalue weighted by atomic mass is 35.5. The molecule has 0 saturated carbocycles. The first-order valence-corrected chi connectivity index (χ1v) is 9.19. The number of benzene rings is 1. The van der Waals surface area contributed by atoms with Crippen LogP contribution in [0.25, 0.3) is 0 Å². The number of halogens is 1. The first kappa shape index (κ1) is 19.0. The molecule has 6 nitrogen and oxygen atoms in total. The Morgan fingerprint density at radius 1 is 1.11 bits per heavy atom. The minimum atomic E-state index is -0.372. The Morgan fingerprint density at radius 2 is 1.89 bits per heavy atom. The molecule has 2 aromatic heterocycles. The largest absolute Gasteiger partial charge is 0.495 e. The lowest BCUT2D eigenvalue weighted by Crippen LogP contribution is -2.12. The highest BCUT2D eigenvalue weighted by Crippen LogP contribution is 2.33. The van der Waals surface area contributed by atoms with Crippen LogP contribution in [-0.4, -0.2) is 18.9 Å². The molecule has 0 aliphatic carbocycles. The molecule has 27 heavy (non-hydrogen) atoms. The van der Waals surface area contributed by atoms with Crippen LogP contribution in [0.2, 0.25) is 5.02 Å². The zero-order valence-corrected chi connectivity index (χ0v) is 16.5. The van der Waals surface area contributed by atoms with Gasteiger partial charge >= 0.3 is 0 Å². The van der Waals surface area contributed by atoms with Crippen molar-refractivity contribution in [1.29, 1.82) is 0 Å². The van der Waals surface area contributed by atoms with Crippen molar-refractivity contribution in [1.82, 2.24) is 0 Å². The molecule has 8 heteroatoms. The van der Waals surface area contributed by atoms with E-state index in [2.05, 4.69) is 10.6 Å². The molecular formula is C19H17ClN2O4S. The minimum Gasteiger partial charge on any atom is -0.495 e. The Bertz CT molecular complexity index is 996. The first-order chi connectivity index (χ1) is 12.9. The number of hydrogen-bond acceptors (Lipinski definition) is 5. The zero-order chi connectivity index (χ0) is 19.6. The predicted octanol–water partition coefficient (Wildman–Crippen LogP) is 5.12. The quantitative estimate of drug-likeness (QED) is 0.618. The summed E-state index contributed by atoms with van der Waals surface area (Å²) in [7, 11) is 1.51. The number of rotatable bonds is 5. The molecule has 0 unspecified atom stereocenters. The van der Waals surface area contributed by atoms with Gasteiger partial charge < -0.3 is 19.8 Å². The molecule has 2 heterocycles. The van der Waals surface area contributed by atoms with Crippen molar-refractivity contribution in [2.24, 2.45) is 0 Å². The van der Waals surface area contributed by atoms with Crippen LogP contribution in [0.1, 0.15) is 31.4 Å². The van der Waals surface area contributed by atoms with Crippen LogP contribution in [0.3, 0.4) is 0 Å². The number of nitrogens with one attached hydrogen (secondary N) is 2. The zero-order valence-electron chi connectivity index (χ0n) is 14.9. The molecule has 0 bridgehead atoms. The van der Waals surface area contributed by atoms with Crippen LogP contribution in [0.5, 0.6) is 5.75 Å². The number of ether oxygens (including phenoxy) is 1. The smallest absolute Gasteiger partial charge is 0.291 e. The highest BCUT2D eigenvalue weighted by Gasteiger charge is 2.18. The molecule has 0 aliphatic heterocycles.